The molecular weight excluding hydrogens is 299 g/mol. The molecule has 0 heterocycles. The zero-order valence-electron chi connectivity index (χ0n) is 7.07. The number of halogens is 1. The minimum absolute atomic E-state index is 0.281. The molecule has 0 aliphatic rings. The van der Waals surface area contributed by atoms with Crippen LogP contribution in [0.15, 0.2) is 18.2 Å². The highest BCUT2D eigenvalue weighted by Crippen LogP contribution is 2.27. The Kier molecular flexibility index (Phi) is 3.67. The molecule has 14 heavy (non-hydrogen) atoms. The number of nitrogens with two attached hydrogens (primary N) is 1. The first kappa shape index (κ1) is 11.2. The summed E-state index contributed by atoms with van der Waals surface area (Å²) < 4.78 is 0.646. The lowest BCUT2D eigenvalue weighted by atomic mass is 10.1. The summed E-state index contributed by atoms with van der Waals surface area (Å²) in [7, 11) is 0. The molecule has 0 bridgehead atoms. The number of hydrogen-bond acceptors (Lipinski definition) is 4. The number of rotatable bonds is 3. The number of carboxylic acids is 1. The second kappa shape index (κ2) is 4.58. The van der Waals surface area contributed by atoms with Crippen LogP contribution in [-0.2, 0) is 4.79 Å². The van der Waals surface area contributed by atoms with Crippen molar-refractivity contribution in [3.05, 3.63) is 27.3 Å². The third-order valence-corrected chi connectivity index (χ3v) is 2.66. The Hall–Kier alpha value is -0.860. The quantitative estimate of drug-likeness (QED) is 0.374. The van der Waals surface area contributed by atoms with Crippen molar-refractivity contribution in [3.63, 3.8) is 0 Å². The van der Waals surface area contributed by atoms with Crippen molar-refractivity contribution in [2.24, 2.45) is 5.84 Å². The molecule has 0 radical (unpaired) electrons. The lowest BCUT2D eigenvalue weighted by Gasteiger charge is -2.13. The van der Waals surface area contributed by atoms with Gasteiger partial charge >= 0.3 is 5.97 Å². The van der Waals surface area contributed by atoms with Gasteiger partial charge in [-0.15, -0.1) is 0 Å². The molecule has 6 heteroatoms. The Morgan fingerprint density at radius 3 is 2.71 bits per heavy atom. The normalized spacial score (nSPS) is 12.2. The van der Waals surface area contributed by atoms with Crippen LogP contribution in [0.4, 0.5) is 5.69 Å². The van der Waals surface area contributed by atoms with Gasteiger partial charge in [0.05, 0.1) is 5.69 Å². The molecule has 0 saturated heterocycles. The molecular formula is C8H9IN2O3. The van der Waals surface area contributed by atoms with Crippen molar-refractivity contribution in [1.29, 1.82) is 0 Å². The predicted molar refractivity (Wildman–Crippen MR) is 59.6 cm³/mol. The molecule has 5 N–H and O–H groups in total. The van der Waals surface area contributed by atoms with E-state index in [1.807, 2.05) is 22.6 Å². The predicted octanol–water partition coefficient (Wildman–Crippen LogP) is 0.695. The molecule has 1 atom stereocenters. The molecule has 0 aliphatic heterocycles. The molecule has 76 valence electrons. The van der Waals surface area contributed by atoms with Gasteiger partial charge in [-0.2, -0.15) is 0 Å². The fourth-order valence-electron chi connectivity index (χ4n) is 1.06. The van der Waals surface area contributed by atoms with Gasteiger partial charge in [-0.05, 0) is 34.7 Å². The average Bonchev–Trinajstić information content (AvgIpc) is 2.16. The number of aliphatic hydroxyl groups is 1. The van der Waals surface area contributed by atoms with E-state index in [2.05, 4.69) is 5.43 Å². The third-order valence-electron chi connectivity index (χ3n) is 1.72. The first-order chi connectivity index (χ1) is 6.57. The van der Waals surface area contributed by atoms with Crippen LogP contribution in [0.5, 0.6) is 0 Å². The van der Waals surface area contributed by atoms with Crippen molar-refractivity contribution >= 4 is 34.2 Å². The number of hydrogen-bond donors (Lipinski definition) is 4. The summed E-state index contributed by atoms with van der Waals surface area (Å²) in [6.45, 7) is 0. The second-order valence-corrected chi connectivity index (χ2v) is 3.75. The molecule has 5 nitrogen and oxygen atoms in total. The molecule has 1 unspecified atom stereocenters. The molecule has 0 fully saturated rings. The van der Waals surface area contributed by atoms with E-state index in [1.54, 1.807) is 18.2 Å². The van der Waals surface area contributed by atoms with Crippen molar-refractivity contribution in [2.45, 2.75) is 6.10 Å². The number of aliphatic carboxylic acids is 1. The standard InChI is InChI=1S/C8H9IN2O3/c9-4-2-1-3-5(11-10)6(4)7(12)8(13)14/h1-3,7,11-12H,10H2,(H,13,14). The second-order valence-electron chi connectivity index (χ2n) is 2.59. The number of nitrogen functional groups attached to an aromatic ring is 1. The summed E-state index contributed by atoms with van der Waals surface area (Å²) in [5.41, 5.74) is 3.03. The van der Waals surface area contributed by atoms with Gasteiger partial charge < -0.3 is 15.6 Å². The van der Waals surface area contributed by atoms with Gasteiger partial charge in [-0.25, -0.2) is 4.79 Å². The summed E-state index contributed by atoms with van der Waals surface area (Å²) in [6.07, 6.45) is -1.56. The number of benzene rings is 1. The fraction of sp³-hybridized carbons (Fsp3) is 0.125. The van der Waals surface area contributed by atoms with Crippen LogP contribution in [0.3, 0.4) is 0 Å². The molecule has 0 aliphatic carbocycles. The minimum Gasteiger partial charge on any atom is -0.479 e. The Labute approximate surface area is 94.0 Å². The zero-order valence-corrected chi connectivity index (χ0v) is 9.22. The van der Waals surface area contributed by atoms with Crippen LogP contribution in [0.1, 0.15) is 11.7 Å². The van der Waals surface area contributed by atoms with Crippen molar-refractivity contribution in [2.75, 3.05) is 5.43 Å². The summed E-state index contributed by atoms with van der Waals surface area (Å²) in [5, 5.41) is 18.0. The van der Waals surface area contributed by atoms with E-state index in [4.69, 9.17) is 10.9 Å². The highest BCUT2D eigenvalue weighted by atomic mass is 127. The fourth-order valence-corrected chi connectivity index (χ4v) is 1.86. The van der Waals surface area contributed by atoms with Crippen molar-refractivity contribution < 1.29 is 15.0 Å². The van der Waals surface area contributed by atoms with Crippen LogP contribution in [0, 0.1) is 3.57 Å². The first-order valence-corrected chi connectivity index (χ1v) is 4.81. The number of carboxylic acid groups (broad SMARTS) is 1. The molecule has 1 rings (SSSR count). The average molecular weight is 308 g/mol. The Morgan fingerprint density at radius 2 is 2.21 bits per heavy atom. The van der Waals surface area contributed by atoms with Crippen LogP contribution in [0.25, 0.3) is 0 Å². The molecule has 0 spiro atoms. The summed E-state index contributed by atoms with van der Waals surface area (Å²) in [5.74, 6) is 3.90. The van der Waals surface area contributed by atoms with E-state index >= 15 is 0 Å². The van der Waals surface area contributed by atoms with E-state index in [-0.39, 0.29) is 5.56 Å². The van der Waals surface area contributed by atoms with Gasteiger partial charge in [0.15, 0.2) is 6.10 Å². The van der Waals surface area contributed by atoms with Crippen molar-refractivity contribution in [3.8, 4) is 0 Å². The molecule has 1 aromatic rings. The van der Waals surface area contributed by atoms with E-state index in [0.717, 1.165) is 0 Å². The minimum atomic E-state index is -1.56. The van der Waals surface area contributed by atoms with Crippen LogP contribution in [-0.4, -0.2) is 16.2 Å². The SMILES string of the molecule is NNc1cccc(I)c1C(O)C(=O)O. The van der Waals surface area contributed by atoms with Crippen LogP contribution < -0.4 is 11.3 Å². The van der Waals surface area contributed by atoms with Gasteiger partial charge in [0.2, 0.25) is 0 Å². The van der Waals surface area contributed by atoms with E-state index in [1.165, 1.54) is 0 Å². The van der Waals surface area contributed by atoms with E-state index in [0.29, 0.717) is 9.26 Å². The van der Waals surface area contributed by atoms with E-state index < -0.39 is 12.1 Å². The van der Waals surface area contributed by atoms with Gasteiger partial charge in [0.25, 0.3) is 0 Å². The third kappa shape index (κ3) is 2.14. The maximum Gasteiger partial charge on any atom is 0.337 e. The maximum absolute atomic E-state index is 10.6. The first-order valence-electron chi connectivity index (χ1n) is 3.73. The summed E-state index contributed by atoms with van der Waals surface area (Å²) >= 11 is 1.94. The number of hydrazine groups is 1. The Balaban J connectivity index is 3.23. The van der Waals surface area contributed by atoms with Gasteiger partial charge in [0, 0.05) is 9.13 Å². The van der Waals surface area contributed by atoms with Gasteiger partial charge in [-0.3, -0.25) is 5.84 Å². The molecule has 0 saturated carbocycles. The molecule has 1 aromatic carbocycles. The number of anilines is 1. The number of aliphatic hydroxyl groups excluding tert-OH is 1. The topological polar surface area (TPSA) is 95.6 Å². The number of nitrogens with one attached hydrogen (secondary N) is 1. The highest BCUT2D eigenvalue weighted by molar-refractivity contribution is 14.1. The van der Waals surface area contributed by atoms with Gasteiger partial charge in [0.1, 0.15) is 0 Å². The monoisotopic (exact) mass is 308 g/mol. The van der Waals surface area contributed by atoms with Crippen molar-refractivity contribution in [1.82, 2.24) is 0 Å². The largest absolute Gasteiger partial charge is 0.479 e. The van der Waals surface area contributed by atoms with Crippen LogP contribution >= 0.6 is 22.6 Å². The molecule has 0 amide bonds. The Bertz CT molecular complexity index is 356. The van der Waals surface area contributed by atoms with E-state index in [9.17, 15) is 9.90 Å². The lowest BCUT2D eigenvalue weighted by molar-refractivity contribution is -0.146. The summed E-state index contributed by atoms with van der Waals surface area (Å²) in [4.78, 5) is 10.6. The number of carbonyl (C=O) groups is 1. The smallest absolute Gasteiger partial charge is 0.337 e. The Morgan fingerprint density at radius 1 is 1.57 bits per heavy atom. The molecule has 0 aromatic heterocycles. The lowest BCUT2D eigenvalue weighted by Crippen LogP contribution is -2.17. The van der Waals surface area contributed by atoms with Crippen LogP contribution in [0.2, 0.25) is 0 Å². The zero-order chi connectivity index (χ0) is 10.7. The highest BCUT2D eigenvalue weighted by Gasteiger charge is 2.21. The maximum atomic E-state index is 10.6. The summed E-state index contributed by atoms with van der Waals surface area (Å²) in [6, 6.07) is 5.02. The van der Waals surface area contributed by atoms with Gasteiger partial charge in [-0.1, -0.05) is 6.07 Å².